The van der Waals surface area contributed by atoms with Crippen molar-refractivity contribution in [1.29, 1.82) is 0 Å². The molecular formula is C17H19FN2O. The average molecular weight is 286 g/mol. The minimum absolute atomic E-state index is 0.248. The topological polar surface area (TPSA) is 34.1 Å². The highest BCUT2D eigenvalue weighted by atomic mass is 19.1. The summed E-state index contributed by atoms with van der Waals surface area (Å²) in [5.74, 6) is 0.279. The maximum atomic E-state index is 13.4. The summed E-state index contributed by atoms with van der Waals surface area (Å²) >= 11 is 0. The van der Waals surface area contributed by atoms with Crippen LogP contribution in [-0.2, 0) is 13.2 Å². The van der Waals surface area contributed by atoms with Crippen LogP contribution < -0.4 is 10.1 Å². The van der Waals surface area contributed by atoms with Crippen LogP contribution in [0.4, 0.5) is 4.39 Å². The molecule has 2 aromatic rings. The van der Waals surface area contributed by atoms with Gasteiger partial charge in [0.25, 0.3) is 0 Å². The molecule has 110 valence electrons. The Kier molecular flexibility index (Phi) is 4.15. The zero-order chi connectivity index (χ0) is 14.7. The number of hydrogen-bond donors (Lipinski definition) is 1. The van der Waals surface area contributed by atoms with E-state index >= 15 is 0 Å². The van der Waals surface area contributed by atoms with Crippen LogP contribution in [0, 0.1) is 12.7 Å². The smallest absolute Gasteiger partial charge is 0.130 e. The zero-order valence-corrected chi connectivity index (χ0v) is 12.1. The summed E-state index contributed by atoms with van der Waals surface area (Å²) in [4.78, 5) is 4.37. The molecule has 1 heterocycles. The Morgan fingerprint density at radius 2 is 2.14 bits per heavy atom. The van der Waals surface area contributed by atoms with E-state index in [0.717, 1.165) is 12.2 Å². The molecule has 0 spiro atoms. The molecule has 0 aliphatic heterocycles. The summed E-state index contributed by atoms with van der Waals surface area (Å²) in [6.45, 7) is 2.94. The van der Waals surface area contributed by atoms with Gasteiger partial charge in [0.2, 0.25) is 0 Å². The van der Waals surface area contributed by atoms with Crippen molar-refractivity contribution in [3.63, 3.8) is 0 Å². The molecule has 4 heteroatoms. The van der Waals surface area contributed by atoms with Crippen LogP contribution in [0.2, 0.25) is 0 Å². The molecule has 0 saturated heterocycles. The first-order valence-corrected chi connectivity index (χ1v) is 7.27. The summed E-state index contributed by atoms with van der Waals surface area (Å²) in [6.07, 6.45) is 4.43. The van der Waals surface area contributed by atoms with E-state index in [2.05, 4.69) is 16.4 Å². The van der Waals surface area contributed by atoms with Gasteiger partial charge in [-0.15, -0.1) is 0 Å². The van der Waals surface area contributed by atoms with Crippen molar-refractivity contribution in [3.05, 3.63) is 59.2 Å². The van der Waals surface area contributed by atoms with Crippen molar-refractivity contribution in [2.75, 3.05) is 0 Å². The van der Waals surface area contributed by atoms with Crippen LogP contribution >= 0.6 is 0 Å². The molecule has 0 unspecified atom stereocenters. The molecule has 1 aromatic carbocycles. The lowest BCUT2D eigenvalue weighted by Crippen LogP contribution is -2.15. The first-order chi connectivity index (χ1) is 10.2. The first-order valence-electron chi connectivity index (χ1n) is 7.27. The van der Waals surface area contributed by atoms with Crippen molar-refractivity contribution >= 4 is 0 Å². The van der Waals surface area contributed by atoms with E-state index in [0.29, 0.717) is 24.0 Å². The van der Waals surface area contributed by atoms with E-state index in [4.69, 9.17) is 4.74 Å². The third-order valence-electron chi connectivity index (χ3n) is 3.59. The molecule has 0 bridgehead atoms. The Hall–Kier alpha value is -1.94. The van der Waals surface area contributed by atoms with Gasteiger partial charge in [0.1, 0.15) is 18.2 Å². The van der Waals surface area contributed by atoms with E-state index in [1.165, 1.54) is 24.5 Å². The largest absolute Gasteiger partial charge is 0.487 e. The molecular weight excluding hydrogens is 267 g/mol. The number of rotatable bonds is 6. The molecule has 0 radical (unpaired) electrons. The summed E-state index contributed by atoms with van der Waals surface area (Å²) in [5.41, 5.74) is 2.63. The lowest BCUT2D eigenvalue weighted by molar-refractivity contribution is 0.299. The third kappa shape index (κ3) is 4.02. The maximum Gasteiger partial charge on any atom is 0.130 e. The van der Waals surface area contributed by atoms with Crippen molar-refractivity contribution in [2.45, 2.75) is 39.0 Å². The van der Waals surface area contributed by atoms with Gasteiger partial charge in [-0.05, 0) is 43.0 Å². The van der Waals surface area contributed by atoms with Crippen LogP contribution in [0.5, 0.6) is 5.75 Å². The normalized spacial score (nSPS) is 14.2. The van der Waals surface area contributed by atoms with Gasteiger partial charge in [-0.2, -0.15) is 0 Å². The number of aryl methyl sites for hydroxylation is 1. The second-order valence-electron chi connectivity index (χ2n) is 5.51. The van der Waals surface area contributed by atoms with E-state index < -0.39 is 0 Å². The SMILES string of the molecule is Cc1ccc(OCc2ccc(CNC3CC3)cn2)cc1F. The third-order valence-corrected chi connectivity index (χ3v) is 3.59. The predicted octanol–water partition coefficient (Wildman–Crippen LogP) is 3.36. The fraction of sp³-hybridized carbons (Fsp3) is 0.353. The number of nitrogens with one attached hydrogen (secondary N) is 1. The fourth-order valence-corrected chi connectivity index (χ4v) is 2.02. The second-order valence-corrected chi connectivity index (χ2v) is 5.51. The van der Waals surface area contributed by atoms with E-state index in [1.54, 1.807) is 19.1 Å². The molecule has 0 atom stereocenters. The van der Waals surface area contributed by atoms with Gasteiger partial charge < -0.3 is 10.1 Å². The Morgan fingerprint density at radius 3 is 2.81 bits per heavy atom. The number of halogens is 1. The van der Waals surface area contributed by atoms with Crippen LogP contribution in [0.15, 0.2) is 36.5 Å². The minimum Gasteiger partial charge on any atom is -0.487 e. The van der Waals surface area contributed by atoms with Crippen LogP contribution in [-0.4, -0.2) is 11.0 Å². The summed E-state index contributed by atoms with van der Waals surface area (Å²) in [5, 5.41) is 3.45. The summed E-state index contributed by atoms with van der Waals surface area (Å²) < 4.78 is 19.0. The molecule has 1 fully saturated rings. The Bertz CT molecular complexity index is 609. The lowest BCUT2D eigenvalue weighted by Gasteiger charge is -2.08. The van der Waals surface area contributed by atoms with Crippen molar-refractivity contribution in [2.24, 2.45) is 0 Å². The van der Waals surface area contributed by atoms with E-state index in [-0.39, 0.29) is 5.82 Å². The Morgan fingerprint density at radius 1 is 1.29 bits per heavy atom. The van der Waals surface area contributed by atoms with Gasteiger partial charge >= 0.3 is 0 Å². The molecule has 1 aromatic heterocycles. The van der Waals surface area contributed by atoms with Gasteiger partial charge in [0, 0.05) is 24.8 Å². The molecule has 1 N–H and O–H groups in total. The highest BCUT2D eigenvalue weighted by Gasteiger charge is 2.19. The number of nitrogens with zero attached hydrogens (tertiary/aromatic N) is 1. The first kappa shape index (κ1) is 14.0. The second kappa shape index (κ2) is 6.22. The van der Waals surface area contributed by atoms with Crippen LogP contribution in [0.3, 0.4) is 0 Å². The monoisotopic (exact) mass is 286 g/mol. The Balaban J connectivity index is 1.53. The number of ether oxygens (including phenoxy) is 1. The number of pyridine rings is 1. The molecule has 3 nitrogen and oxygen atoms in total. The van der Waals surface area contributed by atoms with Gasteiger partial charge in [-0.25, -0.2) is 4.39 Å². The lowest BCUT2D eigenvalue weighted by atomic mass is 10.2. The van der Waals surface area contributed by atoms with Gasteiger partial charge in [0.15, 0.2) is 0 Å². The zero-order valence-electron chi connectivity index (χ0n) is 12.1. The molecule has 1 aliphatic carbocycles. The minimum atomic E-state index is -0.248. The van der Waals surface area contributed by atoms with Crippen molar-refractivity contribution in [3.8, 4) is 5.75 Å². The number of hydrogen-bond acceptors (Lipinski definition) is 3. The summed E-state index contributed by atoms with van der Waals surface area (Å²) in [7, 11) is 0. The molecule has 21 heavy (non-hydrogen) atoms. The standard InChI is InChI=1S/C17H19FN2O/c1-12-2-7-16(8-17(12)18)21-11-15-4-3-13(10-20-15)9-19-14-5-6-14/h2-4,7-8,10,14,19H,5-6,9,11H2,1H3. The van der Waals surface area contributed by atoms with Crippen LogP contribution in [0.25, 0.3) is 0 Å². The highest BCUT2D eigenvalue weighted by Crippen LogP contribution is 2.19. The average Bonchev–Trinajstić information content (AvgIpc) is 3.32. The van der Waals surface area contributed by atoms with Crippen molar-refractivity contribution in [1.82, 2.24) is 10.3 Å². The van der Waals surface area contributed by atoms with Gasteiger partial charge in [0.05, 0.1) is 5.69 Å². The molecule has 0 amide bonds. The molecule has 1 saturated carbocycles. The van der Waals surface area contributed by atoms with Crippen LogP contribution in [0.1, 0.15) is 29.7 Å². The number of benzene rings is 1. The molecule has 1 aliphatic rings. The van der Waals surface area contributed by atoms with E-state index in [9.17, 15) is 4.39 Å². The van der Waals surface area contributed by atoms with Gasteiger partial charge in [-0.1, -0.05) is 12.1 Å². The fourth-order valence-electron chi connectivity index (χ4n) is 2.02. The van der Waals surface area contributed by atoms with Crippen molar-refractivity contribution < 1.29 is 9.13 Å². The highest BCUT2D eigenvalue weighted by molar-refractivity contribution is 5.28. The number of aromatic nitrogens is 1. The van der Waals surface area contributed by atoms with Gasteiger partial charge in [-0.3, -0.25) is 4.98 Å². The maximum absolute atomic E-state index is 13.4. The quantitative estimate of drug-likeness (QED) is 0.884. The van der Waals surface area contributed by atoms with E-state index in [1.807, 2.05) is 12.3 Å². The predicted molar refractivity (Wildman–Crippen MR) is 79.6 cm³/mol. The summed E-state index contributed by atoms with van der Waals surface area (Å²) in [6, 6.07) is 9.59. The Labute approximate surface area is 124 Å². The molecule has 3 rings (SSSR count).